The Hall–Kier alpha value is -0.810. The van der Waals surface area contributed by atoms with Gasteiger partial charge in [-0.05, 0) is 26.2 Å². The number of halogens is 1. The van der Waals surface area contributed by atoms with Gasteiger partial charge in [-0.2, -0.15) is 0 Å². The zero-order valence-corrected chi connectivity index (χ0v) is 19.6. The number of hydrogen-bond donors (Lipinski definition) is 3. The summed E-state index contributed by atoms with van der Waals surface area (Å²) in [5.74, 6) is 1.24. The predicted octanol–water partition coefficient (Wildman–Crippen LogP) is 1.65. The van der Waals surface area contributed by atoms with Crippen molar-refractivity contribution in [3.63, 3.8) is 0 Å². The van der Waals surface area contributed by atoms with Crippen LogP contribution in [0, 0.1) is 5.92 Å². The number of alkyl carbamates (subject to hydrolysis) is 1. The van der Waals surface area contributed by atoms with Gasteiger partial charge in [-0.1, -0.05) is 13.8 Å². The number of amides is 1. The number of hydrogen-bond acceptors (Lipinski definition) is 5. The van der Waals surface area contributed by atoms with Gasteiger partial charge in [0.25, 0.3) is 0 Å². The minimum Gasteiger partial charge on any atom is -0.450 e. The summed E-state index contributed by atoms with van der Waals surface area (Å²) in [7, 11) is 0. The van der Waals surface area contributed by atoms with E-state index in [1.807, 2.05) is 6.92 Å². The first-order valence-electron chi connectivity index (χ1n) is 9.80. The molecule has 0 aromatic carbocycles. The molecule has 1 saturated heterocycles. The number of carbonyl (C=O) groups is 1. The molecule has 1 fully saturated rings. The summed E-state index contributed by atoms with van der Waals surface area (Å²) in [4.78, 5) is 18.7. The molecule has 9 heteroatoms. The number of ether oxygens (including phenoxy) is 2. The van der Waals surface area contributed by atoms with Crippen LogP contribution in [0.15, 0.2) is 4.99 Å². The third kappa shape index (κ3) is 13.1. The van der Waals surface area contributed by atoms with Crippen molar-refractivity contribution in [1.82, 2.24) is 20.9 Å². The standard InChI is InChI=1S/C18H37N5O3.HI/c1-5-19-17(20-7-8-23-9-11-25-12-10-23)21-14-16(13-15(3)4)22-18(24)26-6-2;/h15-16H,5-14H2,1-4H3,(H,22,24)(H2,19,20,21);1H. The van der Waals surface area contributed by atoms with E-state index in [1.54, 1.807) is 6.92 Å². The topological polar surface area (TPSA) is 87.2 Å². The van der Waals surface area contributed by atoms with E-state index in [0.29, 0.717) is 19.1 Å². The van der Waals surface area contributed by atoms with Crippen molar-refractivity contribution in [3.8, 4) is 0 Å². The van der Waals surface area contributed by atoms with Crippen LogP contribution in [0.4, 0.5) is 4.79 Å². The maximum atomic E-state index is 11.7. The van der Waals surface area contributed by atoms with Crippen LogP contribution in [-0.4, -0.2) is 82.1 Å². The monoisotopic (exact) mass is 499 g/mol. The van der Waals surface area contributed by atoms with E-state index in [9.17, 15) is 4.79 Å². The molecule has 0 radical (unpaired) electrons. The zero-order valence-electron chi connectivity index (χ0n) is 17.3. The van der Waals surface area contributed by atoms with Gasteiger partial charge in [0.1, 0.15) is 0 Å². The van der Waals surface area contributed by atoms with Gasteiger partial charge in [-0.25, -0.2) is 4.79 Å². The van der Waals surface area contributed by atoms with E-state index < -0.39 is 0 Å². The summed E-state index contributed by atoms with van der Waals surface area (Å²) in [6.45, 7) is 15.2. The van der Waals surface area contributed by atoms with Crippen LogP contribution < -0.4 is 16.0 Å². The lowest BCUT2D eigenvalue weighted by Crippen LogP contribution is -2.45. The van der Waals surface area contributed by atoms with Gasteiger partial charge in [0.15, 0.2) is 5.96 Å². The summed E-state index contributed by atoms with van der Waals surface area (Å²) in [6, 6.07) is -0.0382. The molecule has 1 rings (SSSR count). The van der Waals surface area contributed by atoms with Crippen LogP contribution in [0.1, 0.15) is 34.1 Å². The first-order chi connectivity index (χ1) is 12.5. The molecule has 0 aromatic heterocycles. The van der Waals surface area contributed by atoms with Crippen molar-refractivity contribution in [2.75, 3.05) is 59.1 Å². The number of morpholine rings is 1. The smallest absolute Gasteiger partial charge is 0.407 e. The molecule has 0 bridgehead atoms. The first kappa shape index (κ1) is 26.2. The average molecular weight is 499 g/mol. The molecule has 0 saturated carbocycles. The first-order valence-corrected chi connectivity index (χ1v) is 9.80. The highest BCUT2D eigenvalue weighted by Gasteiger charge is 2.15. The zero-order chi connectivity index (χ0) is 19.2. The minimum atomic E-state index is -0.376. The Morgan fingerprint density at radius 3 is 2.52 bits per heavy atom. The number of rotatable bonds is 10. The lowest BCUT2D eigenvalue weighted by Gasteiger charge is -2.26. The lowest BCUT2D eigenvalue weighted by atomic mass is 10.0. The van der Waals surface area contributed by atoms with E-state index in [0.717, 1.165) is 58.3 Å². The highest BCUT2D eigenvalue weighted by atomic mass is 127. The largest absolute Gasteiger partial charge is 0.450 e. The quantitative estimate of drug-likeness (QED) is 0.241. The second-order valence-electron chi connectivity index (χ2n) is 6.79. The number of aliphatic imine (C=N–C) groups is 1. The van der Waals surface area contributed by atoms with Crippen molar-refractivity contribution >= 4 is 36.0 Å². The highest BCUT2D eigenvalue weighted by Crippen LogP contribution is 2.05. The second-order valence-corrected chi connectivity index (χ2v) is 6.79. The van der Waals surface area contributed by atoms with Crippen molar-refractivity contribution < 1.29 is 14.3 Å². The number of guanidine groups is 1. The van der Waals surface area contributed by atoms with E-state index in [1.165, 1.54) is 0 Å². The van der Waals surface area contributed by atoms with Crippen LogP contribution in [0.25, 0.3) is 0 Å². The molecule has 160 valence electrons. The van der Waals surface area contributed by atoms with E-state index in [4.69, 9.17) is 9.47 Å². The van der Waals surface area contributed by atoms with Crippen LogP contribution in [-0.2, 0) is 9.47 Å². The lowest BCUT2D eigenvalue weighted by molar-refractivity contribution is 0.0389. The van der Waals surface area contributed by atoms with Gasteiger partial charge < -0.3 is 25.4 Å². The Bertz CT molecular complexity index is 418. The molecule has 1 atom stereocenters. The SMILES string of the molecule is CCNC(=NCC(CC(C)C)NC(=O)OCC)NCCN1CCOCC1.I. The summed E-state index contributed by atoms with van der Waals surface area (Å²) >= 11 is 0. The van der Waals surface area contributed by atoms with Crippen molar-refractivity contribution in [2.45, 2.75) is 40.2 Å². The Labute approximate surface area is 181 Å². The number of nitrogens with one attached hydrogen (secondary N) is 3. The van der Waals surface area contributed by atoms with Crippen molar-refractivity contribution in [3.05, 3.63) is 0 Å². The molecule has 0 spiro atoms. The summed E-state index contributed by atoms with van der Waals surface area (Å²) in [6.07, 6.45) is 0.480. The van der Waals surface area contributed by atoms with E-state index >= 15 is 0 Å². The Balaban J connectivity index is 0.00000676. The third-order valence-electron chi connectivity index (χ3n) is 3.99. The van der Waals surface area contributed by atoms with Gasteiger partial charge in [0, 0.05) is 32.7 Å². The predicted molar refractivity (Wildman–Crippen MR) is 120 cm³/mol. The Kier molecular flexibility index (Phi) is 15.7. The molecule has 8 nitrogen and oxygen atoms in total. The van der Waals surface area contributed by atoms with Crippen LogP contribution in [0.3, 0.4) is 0 Å². The van der Waals surface area contributed by atoms with E-state index in [-0.39, 0.29) is 36.1 Å². The molecular weight excluding hydrogens is 461 g/mol. The summed E-state index contributed by atoms with van der Waals surface area (Å²) in [5, 5.41) is 9.54. The van der Waals surface area contributed by atoms with Crippen molar-refractivity contribution in [2.24, 2.45) is 10.9 Å². The molecule has 1 aliphatic heterocycles. The van der Waals surface area contributed by atoms with Crippen LogP contribution in [0.2, 0.25) is 0 Å². The molecule has 1 aliphatic rings. The maximum absolute atomic E-state index is 11.7. The van der Waals surface area contributed by atoms with Gasteiger partial charge in [0.2, 0.25) is 0 Å². The molecule has 0 aliphatic carbocycles. The van der Waals surface area contributed by atoms with Crippen LogP contribution >= 0.6 is 24.0 Å². The number of carbonyl (C=O) groups excluding carboxylic acids is 1. The fraction of sp³-hybridized carbons (Fsp3) is 0.889. The van der Waals surface area contributed by atoms with Gasteiger partial charge in [-0.15, -0.1) is 24.0 Å². The third-order valence-corrected chi connectivity index (χ3v) is 3.99. The van der Waals surface area contributed by atoms with E-state index in [2.05, 4.69) is 39.7 Å². The van der Waals surface area contributed by atoms with Crippen molar-refractivity contribution in [1.29, 1.82) is 0 Å². The molecule has 1 amide bonds. The number of nitrogens with zero attached hydrogens (tertiary/aromatic N) is 2. The van der Waals surface area contributed by atoms with Gasteiger partial charge in [0.05, 0.1) is 32.4 Å². The molecule has 0 aromatic rings. The summed E-state index contributed by atoms with van der Waals surface area (Å²) in [5.41, 5.74) is 0. The molecule has 3 N–H and O–H groups in total. The highest BCUT2D eigenvalue weighted by molar-refractivity contribution is 14.0. The Morgan fingerprint density at radius 1 is 1.22 bits per heavy atom. The van der Waals surface area contributed by atoms with Gasteiger partial charge in [-0.3, -0.25) is 9.89 Å². The minimum absolute atomic E-state index is 0. The molecule has 1 unspecified atom stereocenters. The molecule has 27 heavy (non-hydrogen) atoms. The molecule has 1 heterocycles. The fourth-order valence-corrected chi connectivity index (χ4v) is 2.79. The normalized spacial score (nSPS) is 16.4. The maximum Gasteiger partial charge on any atom is 0.407 e. The average Bonchev–Trinajstić information content (AvgIpc) is 2.60. The van der Waals surface area contributed by atoms with Crippen LogP contribution in [0.5, 0.6) is 0 Å². The van der Waals surface area contributed by atoms with Gasteiger partial charge >= 0.3 is 6.09 Å². The Morgan fingerprint density at radius 2 is 1.93 bits per heavy atom. The second kappa shape index (κ2) is 16.2. The summed E-state index contributed by atoms with van der Waals surface area (Å²) < 4.78 is 10.4. The fourth-order valence-electron chi connectivity index (χ4n) is 2.79. The molecular formula is C18H38IN5O3.